The SMILES string of the molecule is CCCC(=O)N(C)[C@H](CC)C(=O)N(C)[C@](C=O)(CC(C)C)N[C@@H](C=O)C(C)C. The monoisotopic (exact) mass is 397 g/mol. The Hall–Kier alpha value is -1.76. The third-order valence-corrected chi connectivity index (χ3v) is 5.12. The van der Waals surface area contributed by atoms with Crippen LogP contribution in [-0.2, 0) is 19.2 Å². The molecule has 0 fully saturated rings. The molecule has 0 aliphatic carbocycles. The summed E-state index contributed by atoms with van der Waals surface area (Å²) in [7, 11) is 3.19. The minimum atomic E-state index is -1.32. The smallest absolute Gasteiger partial charge is 0.246 e. The average Bonchev–Trinajstić information content (AvgIpc) is 2.64. The van der Waals surface area contributed by atoms with Gasteiger partial charge < -0.3 is 14.6 Å². The molecule has 1 N–H and O–H groups in total. The Morgan fingerprint density at radius 1 is 1.07 bits per heavy atom. The summed E-state index contributed by atoms with van der Waals surface area (Å²) in [5.74, 6) is -0.351. The van der Waals surface area contributed by atoms with Crippen molar-refractivity contribution in [1.82, 2.24) is 15.1 Å². The zero-order valence-electron chi connectivity index (χ0n) is 18.8. The maximum absolute atomic E-state index is 13.3. The minimum absolute atomic E-state index is 0.0386. The molecule has 0 rings (SSSR count). The second kappa shape index (κ2) is 11.9. The molecule has 0 saturated carbocycles. The van der Waals surface area contributed by atoms with Crippen molar-refractivity contribution in [2.75, 3.05) is 14.1 Å². The van der Waals surface area contributed by atoms with Crippen molar-refractivity contribution < 1.29 is 19.2 Å². The van der Waals surface area contributed by atoms with Crippen LogP contribution in [0, 0.1) is 11.8 Å². The molecule has 0 aliphatic heterocycles. The fraction of sp³-hybridized carbons (Fsp3) is 0.810. The van der Waals surface area contributed by atoms with Gasteiger partial charge in [0.2, 0.25) is 11.8 Å². The molecule has 0 radical (unpaired) electrons. The van der Waals surface area contributed by atoms with Gasteiger partial charge in [-0.2, -0.15) is 0 Å². The first-order valence-electron chi connectivity index (χ1n) is 10.2. The van der Waals surface area contributed by atoms with Crippen LogP contribution in [0.25, 0.3) is 0 Å². The molecule has 162 valence electrons. The average molecular weight is 398 g/mol. The van der Waals surface area contributed by atoms with Crippen LogP contribution in [0.4, 0.5) is 0 Å². The lowest BCUT2D eigenvalue weighted by Gasteiger charge is -2.43. The zero-order valence-corrected chi connectivity index (χ0v) is 18.8. The van der Waals surface area contributed by atoms with E-state index in [-0.39, 0.29) is 23.7 Å². The lowest BCUT2D eigenvalue weighted by Crippen LogP contribution is -2.67. The van der Waals surface area contributed by atoms with Gasteiger partial charge in [-0.1, -0.05) is 41.5 Å². The minimum Gasteiger partial charge on any atom is -0.334 e. The van der Waals surface area contributed by atoms with Gasteiger partial charge in [0.25, 0.3) is 0 Å². The van der Waals surface area contributed by atoms with Crippen molar-refractivity contribution >= 4 is 24.4 Å². The highest BCUT2D eigenvalue weighted by atomic mass is 16.2. The van der Waals surface area contributed by atoms with E-state index in [4.69, 9.17) is 0 Å². The van der Waals surface area contributed by atoms with Crippen molar-refractivity contribution in [3.05, 3.63) is 0 Å². The van der Waals surface area contributed by atoms with E-state index in [1.165, 1.54) is 9.80 Å². The van der Waals surface area contributed by atoms with Crippen molar-refractivity contribution in [3.63, 3.8) is 0 Å². The Morgan fingerprint density at radius 2 is 1.64 bits per heavy atom. The quantitative estimate of drug-likeness (QED) is 0.380. The van der Waals surface area contributed by atoms with Crippen LogP contribution in [0.2, 0.25) is 0 Å². The first kappa shape index (κ1) is 26.2. The molecule has 0 spiro atoms. The molecule has 0 unspecified atom stereocenters. The van der Waals surface area contributed by atoms with E-state index >= 15 is 0 Å². The summed E-state index contributed by atoms with van der Waals surface area (Å²) in [5.41, 5.74) is -1.32. The summed E-state index contributed by atoms with van der Waals surface area (Å²) >= 11 is 0. The van der Waals surface area contributed by atoms with Gasteiger partial charge in [0.05, 0.1) is 6.04 Å². The molecule has 0 aliphatic rings. The second-order valence-electron chi connectivity index (χ2n) is 8.27. The highest BCUT2D eigenvalue weighted by molar-refractivity contribution is 5.89. The van der Waals surface area contributed by atoms with E-state index < -0.39 is 17.7 Å². The van der Waals surface area contributed by atoms with Crippen molar-refractivity contribution in [2.24, 2.45) is 11.8 Å². The number of hydrogen-bond acceptors (Lipinski definition) is 5. The number of nitrogens with one attached hydrogen (secondary N) is 1. The maximum Gasteiger partial charge on any atom is 0.246 e. The van der Waals surface area contributed by atoms with E-state index in [2.05, 4.69) is 5.32 Å². The predicted octanol–water partition coefficient (Wildman–Crippen LogP) is 2.24. The summed E-state index contributed by atoms with van der Waals surface area (Å²) in [5, 5.41) is 3.12. The number of amides is 2. The number of carbonyl (C=O) groups is 4. The van der Waals surface area contributed by atoms with E-state index in [0.29, 0.717) is 32.0 Å². The van der Waals surface area contributed by atoms with Gasteiger partial charge in [-0.05, 0) is 31.1 Å². The number of likely N-dealkylation sites (N-methyl/N-ethyl adjacent to an activating group) is 2. The van der Waals surface area contributed by atoms with Crippen LogP contribution >= 0.6 is 0 Å². The topological polar surface area (TPSA) is 86.8 Å². The standard InChI is InChI=1S/C21H39N3O4/c1-9-11-19(27)23(7)18(10-2)20(28)24(8)21(14-26,12-15(3)4)22-17(13-25)16(5)6/h13-18,22H,9-12H2,1-8H3/t17-,18+,21-/m0/s1. The normalized spacial score (nSPS) is 15.6. The Kier molecular flexibility index (Phi) is 11.2. The Morgan fingerprint density at radius 3 is 2.00 bits per heavy atom. The zero-order chi connectivity index (χ0) is 22.1. The fourth-order valence-corrected chi connectivity index (χ4v) is 3.32. The van der Waals surface area contributed by atoms with Gasteiger partial charge in [-0.25, -0.2) is 0 Å². The number of nitrogens with zero attached hydrogens (tertiary/aromatic N) is 2. The van der Waals surface area contributed by atoms with E-state index in [0.717, 1.165) is 6.29 Å². The van der Waals surface area contributed by atoms with Gasteiger partial charge in [-0.3, -0.25) is 19.7 Å². The highest BCUT2D eigenvalue weighted by Gasteiger charge is 2.42. The Bertz CT molecular complexity index is 536. The number of hydrogen-bond donors (Lipinski definition) is 1. The molecular formula is C21H39N3O4. The summed E-state index contributed by atoms with van der Waals surface area (Å²) in [4.78, 5) is 52.2. The Labute approximate surface area is 170 Å². The van der Waals surface area contributed by atoms with E-state index in [1.807, 2.05) is 41.5 Å². The summed E-state index contributed by atoms with van der Waals surface area (Å²) in [6, 6.07) is -1.23. The molecule has 28 heavy (non-hydrogen) atoms. The molecular weight excluding hydrogens is 358 g/mol. The van der Waals surface area contributed by atoms with Gasteiger partial charge in [-0.15, -0.1) is 0 Å². The number of rotatable bonds is 13. The van der Waals surface area contributed by atoms with Crippen molar-refractivity contribution in [2.45, 2.75) is 85.0 Å². The fourth-order valence-electron chi connectivity index (χ4n) is 3.32. The molecule has 0 saturated heterocycles. The largest absolute Gasteiger partial charge is 0.334 e. The first-order chi connectivity index (χ1) is 13.0. The maximum atomic E-state index is 13.3. The second-order valence-corrected chi connectivity index (χ2v) is 8.27. The number of aldehydes is 2. The molecule has 0 bridgehead atoms. The predicted molar refractivity (Wildman–Crippen MR) is 111 cm³/mol. The van der Waals surface area contributed by atoms with Crippen LogP contribution in [0.15, 0.2) is 0 Å². The third kappa shape index (κ3) is 6.69. The van der Waals surface area contributed by atoms with Crippen LogP contribution in [0.5, 0.6) is 0 Å². The molecule has 7 nitrogen and oxygen atoms in total. The Balaban J connectivity index is 5.91. The third-order valence-electron chi connectivity index (χ3n) is 5.12. The van der Waals surface area contributed by atoms with Crippen LogP contribution in [0.1, 0.15) is 67.2 Å². The van der Waals surface area contributed by atoms with Crippen molar-refractivity contribution in [1.29, 1.82) is 0 Å². The molecule has 3 atom stereocenters. The number of carbonyl (C=O) groups excluding carboxylic acids is 4. The molecule has 2 amide bonds. The summed E-state index contributed by atoms with van der Waals surface area (Å²) in [6.45, 7) is 11.4. The van der Waals surface area contributed by atoms with Gasteiger partial charge in [0, 0.05) is 20.5 Å². The lowest BCUT2D eigenvalue weighted by molar-refractivity contribution is -0.152. The molecule has 0 aromatic rings. The lowest BCUT2D eigenvalue weighted by atomic mass is 9.93. The molecule has 0 aromatic carbocycles. The molecule has 0 aromatic heterocycles. The van der Waals surface area contributed by atoms with Crippen molar-refractivity contribution in [3.8, 4) is 0 Å². The van der Waals surface area contributed by atoms with Crippen LogP contribution in [0.3, 0.4) is 0 Å². The summed E-state index contributed by atoms with van der Waals surface area (Å²) < 4.78 is 0. The van der Waals surface area contributed by atoms with Gasteiger partial charge in [0.1, 0.15) is 12.3 Å². The van der Waals surface area contributed by atoms with Crippen LogP contribution < -0.4 is 5.32 Å². The van der Waals surface area contributed by atoms with Gasteiger partial charge >= 0.3 is 0 Å². The van der Waals surface area contributed by atoms with Gasteiger partial charge in [0.15, 0.2) is 11.9 Å². The van der Waals surface area contributed by atoms with E-state index in [9.17, 15) is 19.2 Å². The molecule has 0 heterocycles. The molecule has 7 heteroatoms. The first-order valence-corrected chi connectivity index (χ1v) is 10.2. The highest BCUT2D eigenvalue weighted by Crippen LogP contribution is 2.23. The summed E-state index contributed by atoms with van der Waals surface area (Å²) in [6.07, 6.45) is 3.35. The van der Waals surface area contributed by atoms with E-state index in [1.54, 1.807) is 14.1 Å². The van der Waals surface area contributed by atoms with Crippen LogP contribution in [-0.4, -0.2) is 66.0 Å².